The number of nitrogens with two attached hydrogens (primary N) is 1. The van der Waals surface area contributed by atoms with Crippen molar-refractivity contribution in [1.29, 1.82) is 0 Å². The molecule has 3 rings (SSSR count). The molecule has 2 aliphatic heterocycles. The maximum Gasteiger partial charge on any atom is 0.0691 e. The lowest BCUT2D eigenvalue weighted by atomic mass is 9.48. The monoisotopic (exact) mass is 266 g/mol. The van der Waals surface area contributed by atoms with Crippen molar-refractivity contribution in [1.82, 2.24) is 4.90 Å². The topological polar surface area (TPSA) is 38.5 Å². The predicted molar refractivity (Wildman–Crippen MR) is 78.0 cm³/mol. The van der Waals surface area contributed by atoms with Gasteiger partial charge in [-0.25, -0.2) is 0 Å². The Kier molecular flexibility index (Phi) is 3.43. The van der Waals surface area contributed by atoms with Crippen LogP contribution in [0.5, 0.6) is 0 Å². The third-order valence-corrected chi connectivity index (χ3v) is 6.22. The normalized spacial score (nSPS) is 45.2. The van der Waals surface area contributed by atoms with E-state index in [9.17, 15) is 0 Å². The summed E-state index contributed by atoms with van der Waals surface area (Å²) in [6.07, 6.45) is 5.64. The Bertz CT molecular complexity index is 344. The first-order valence-electron chi connectivity index (χ1n) is 8.12. The van der Waals surface area contributed by atoms with Crippen LogP contribution in [0, 0.1) is 17.3 Å². The third-order valence-electron chi connectivity index (χ3n) is 6.22. The number of hydrogen-bond acceptors (Lipinski definition) is 3. The van der Waals surface area contributed by atoms with Crippen molar-refractivity contribution < 1.29 is 4.74 Å². The van der Waals surface area contributed by atoms with E-state index in [-0.39, 0.29) is 11.0 Å². The van der Waals surface area contributed by atoms with E-state index in [1.807, 2.05) is 0 Å². The Labute approximate surface area is 117 Å². The van der Waals surface area contributed by atoms with E-state index < -0.39 is 0 Å². The highest BCUT2D eigenvalue weighted by atomic mass is 16.5. The molecule has 0 aromatic carbocycles. The molecule has 110 valence electrons. The van der Waals surface area contributed by atoms with Gasteiger partial charge in [-0.3, -0.25) is 0 Å². The molecule has 19 heavy (non-hydrogen) atoms. The van der Waals surface area contributed by atoms with Crippen LogP contribution in [0.1, 0.15) is 46.5 Å². The van der Waals surface area contributed by atoms with Crippen LogP contribution in [-0.2, 0) is 4.74 Å². The van der Waals surface area contributed by atoms with Crippen molar-refractivity contribution in [3.63, 3.8) is 0 Å². The lowest BCUT2D eigenvalue weighted by molar-refractivity contribution is -0.162. The van der Waals surface area contributed by atoms with Crippen molar-refractivity contribution in [2.45, 2.75) is 58.1 Å². The molecule has 0 radical (unpaired) electrons. The predicted octanol–water partition coefficient (Wildman–Crippen LogP) is 2.25. The molecule has 4 atom stereocenters. The summed E-state index contributed by atoms with van der Waals surface area (Å²) in [5.41, 5.74) is 6.95. The first kappa shape index (κ1) is 13.8. The number of ether oxygens (including phenoxy) is 1. The van der Waals surface area contributed by atoms with Crippen LogP contribution in [0.2, 0.25) is 0 Å². The van der Waals surface area contributed by atoms with Crippen molar-refractivity contribution in [3.05, 3.63) is 0 Å². The van der Waals surface area contributed by atoms with Gasteiger partial charge in [0.1, 0.15) is 0 Å². The highest BCUT2D eigenvalue weighted by Gasteiger charge is 2.67. The second-order valence-corrected chi connectivity index (χ2v) is 7.63. The van der Waals surface area contributed by atoms with E-state index in [1.165, 1.54) is 32.4 Å². The Morgan fingerprint density at radius 3 is 2.84 bits per heavy atom. The van der Waals surface area contributed by atoms with Gasteiger partial charge in [-0.05, 0) is 31.7 Å². The smallest absolute Gasteiger partial charge is 0.0691 e. The van der Waals surface area contributed by atoms with Crippen LogP contribution < -0.4 is 5.73 Å². The SMILES string of the molecule is CCCC1CCN(CC2(N)C3CCOC3C2(C)C)C1. The standard InChI is InChI=1S/C16H30N2O/c1-4-5-12-6-8-18(10-12)11-16(17)13-7-9-19-14(13)15(16,2)3/h12-14H,4-11,17H2,1-3H3. The fourth-order valence-corrected chi connectivity index (χ4v) is 4.87. The van der Waals surface area contributed by atoms with E-state index in [0.29, 0.717) is 12.0 Å². The summed E-state index contributed by atoms with van der Waals surface area (Å²) in [4.78, 5) is 2.62. The van der Waals surface area contributed by atoms with Crippen molar-refractivity contribution in [2.24, 2.45) is 23.0 Å². The zero-order valence-corrected chi connectivity index (χ0v) is 12.8. The third kappa shape index (κ3) is 1.97. The van der Waals surface area contributed by atoms with E-state index >= 15 is 0 Å². The molecule has 2 N–H and O–H groups in total. The molecule has 1 saturated carbocycles. The van der Waals surface area contributed by atoms with Crippen LogP contribution >= 0.6 is 0 Å². The molecule has 1 aliphatic carbocycles. The molecule has 3 aliphatic rings. The van der Waals surface area contributed by atoms with Gasteiger partial charge in [-0.15, -0.1) is 0 Å². The number of likely N-dealkylation sites (tertiary alicyclic amines) is 1. The van der Waals surface area contributed by atoms with Gasteiger partial charge in [0.25, 0.3) is 0 Å². The highest BCUT2D eigenvalue weighted by molar-refractivity contribution is 5.21. The maximum absolute atomic E-state index is 6.84. The summed E-state index contributed by atoms with van der Waals surface area (Å²) in [7, 11) is 0. The van der Waals surface area contributed by atoms with E-state index in [1.54, 1.807) is 0 Å². The first-order chi connectivity index (χ1) is 8.99. The van der Waals surface area contributed by atoms with Gasteiger partial charge in [-0.2, -0.15) is 0 Å². The average Bonchev–Trinajstić information content (AvgIpc) is 2.97. The van der Waals surface area contributed by atoms with E-state index in [0.717, 1.165) is 25.5 Å². The van der Waals surface area contributed by atoms with Gasteiger partial charge in [-0.1, -0.05) is 27.2 Å². The molecule has 0 amide bonds. The summed E-state index contributed by atoms with van der Waals surface area (Å²) in [6.45, 7) is 11.4. The fraction of sp³-hybridized carbons (Fsp3) is 1.00. The summed E-state index contributed by atoms with van der Waals surface area (Å²) in [6, 6.07) is 0. The Morgan fingerprint density at radius 1 is 1.32 bits per heavy atom. The first-order valence-corrected chi connectivity index (χ1v) is 8.12. The second kappa shape index (κ2) is 4.71. The average molecular weight is 266 g/mol. The largest absolute Gasteiger partial charge is 0.377 e. The summed E-state index contributed by atoms with van der Waals surface area (Å²) >= 11 is 0. The Balaban J connectivity index is 1.63. The molecule has 0 spiro atoms. The van der Waals surface area contributed by atoms with E-state index in [4.69, 9.17) is 10.5 Å². The van der Waals surface area contributed by atoms with Gasteiger partial charge in [0.05, 0.1) is 6.10 Å². The highest BCUT2D eigenvalue weighted by Crippen LogP contribution is 2.58. The molecular formula is C16H30N2O. The molecule has 3 fully saturated rings. The van der Waals surface area contributed by atoms with Crippen molar-refractivity contribution >= 4 is 0 Å². The minimum Gasteiger partial charge on any atom is -0.377 e. The second-order valence-electron chi connectivity index (χ2n) is 7.63. The van der Waals surface area contributed by atoms with Crippen molar-refractivity contribution in [2.75, 3.05) is 26.2 Å². The molecule has 4 unspecified atom stereocenters. The number of nitrogens with zero attached hydrogens (tertiary/aromatic N) is 1. The Hall–Kier alpha value is -0.120. The molecule has 0 bridgehead atoms. The van der Waals surface area contributed by atoms with Gasteiger partial charge in [0.2, 0.25) is 0 Å². The zero-order chi connectivity index (χ0) is 13.7. The summed E-state index contributed by atoms with van der Waals surface area (Å²) < 4.78 is 5.89. The van der Waals surface area contributed by atoms with Gasteiger partial charge in [0.15, 0.2) is 0 Å². The lowest BCUT2D eigenvalue weighted by Gasteiger charge is -2.63. The molecular weight excluding hydrogens is 236 g/mol. The van der Waals surface area contributed by atoms with Gasteiger partial charge in [0, 0.05) is 36.6 Å². The molecule has 3 heteroatoms. The number of fused-ring (bicyclic) bond motifs is 1. The Morgan fingerprint density at radius 2 is 2.11 bits per heavy atom. The van der Waals surface area contributed by atoms with Gasteiger partial charge >= 0.3 is 0 Å². The fourth-order valence-electron chi connectivity index (χ4n) is 4.87. The number of rotatable bonds is 4. The minimum absolute atomic E-state index is 0.0325. The zero-order valence-electron chi connectivity index (χ0n) is 12.8. The molecule has 2 saturated heterocycles. The van der Waals surface area contributed by atoms with Crippen LogP contribution in [0.3, 0.4) is 0 Å². The van der Waals surface area contributed by atoms with Crippen molar-refractivity contribution in [3.8, 4) is 0 Å². The van der Waals surface area contributed by atoms with Crippen LogP contribution in [0.4, 0.5) is 0 Å². The van der Waals surface area contributed by atoms with Gasteiger partial charge < -0.3 is 15.4 Å². The quantitative estimate of drug-likeness (QED) is 0.848. The maximum atomic E-state index is 6.84. The lowest BCUT2D eigenvalue weighted by Crippen LogP contribution is -2.78. The number of hydrogen-bond donors (Lipinski definition) is 1. The molecule has 3 nitrogen and oxygen atoms in total. The molecule has 2 heterocycles. The minimum atomic E-state index is -0.0325. The summed E-state index contributed by atoms with van der Waals surface area (Å²) in [5, 5.41) is 0. The van der Waals surface area contributed by atoms with E-state index in [2.05, 4.69) is 25.7 Å². The van der Waals surface area contributed by atoms with Crippen LogP contribution in [0.15, 0.2) is 0 Å². The molecule has 0 aromatic heterocycles. The van der Waals surface area contributed by atoms with Crippen LogP contribution in [0.25, 0.3) is 0 Å². The molecule has 0 aromatic rings. The van der Waals surface area contributed by atoms with Crippen LogP contribution in [-0.4, -0.2) is 42.8 Å². The summed E-state index contributed by atoms with van der Waals surface area (Å²) in [5.74, 6) is 1.50.